The molecule has 2 aromatic rings. The number of nitrogens with zero attached hydrogens (tertiary/aromatic N) is 1. The number of carbonyl (C=O) groups is 2. The molecule has 5 nitrogen and oxygen atoms in total. The lowest BCUT2D eigenvalue weighted by Crippen LogP contribution is -2.42. The zero-order chi connectivity index (χ0) is 21.3. The van der Waals surface area contributed by atoms with Crippen molar-refractivity contribution in [2.75, 3.05) is 5.32 Å². The van der Waals surface area contributed by atoms with Gasteiger partial charge in [-0.05, 0) is 42.5 Å². The van der Waals surface area contributed by atoms with Crippen LogP contribution in [0, 0.1) is 23.7 Å². The second-order valence-electron chi connectivity index (χ2n) is 7.57. The van der Waals surface area contributed by atoms with Crippen LogP contribution in [0.3, 0.4) is 0 Å². The van der Waals surface area contributed by atoms with Gasteiger partial charge in [-0.2, -0.15) is 13.2 Å². The van der Waals surface area contributed by atoms with E-state index in [1.807, 2.05) is 18.2 Å². The van der Waals surface area contributed by atoms with Crippen molar-refractivity contribution in [3.05, 3.63) is 72.1 Å². The molecular formula is C22H20F3N3O2. The molecule has 0 radical (unpaired) electrons. The number of hydrogen-bond donors (Lipinski definition) is 2. The van der Waals surface area contributed by atoms with Crippen molar-refractivity contribution in [1.29, 1.82) is 0 Å². The van der Waals surface area contributed by atoms with Gasteiger partial charge in [0.15, 0.2) is 0 Å². The highest BCUT2D eigenvalue weighted by Gasteiger charge is 2.51. The van der Waals surface area contributed by atoms with Crippen molar-refractivity contribution in [2.45, 2.75) is 19.1 Å². The quantitative estimate of drug-likeness (QED) is 0.730. The number of halogens is 3. The van der Waals surface area contributed by atoms with Crippen LogP contribution < -0.4 is 10.6 Å². The molecule has 1 aromatic heterocycles. The molecule has 0 saturated heterocycles. The lowest BCUT2D eigenvalue weighted by atomic mass is 9.81. The summed E-state index contributed by atoms with van der Waals surface area (Å²) in [6, 6.07) is 10.2. The summed E-state index contributed by atoms with van der Waals surface area (Å²) in [5.74, 6) is -2.47. The predicted octanol–water partition coefficient (Wildman–Crippen LogP) is 3.79. The zero-order valence-electron chi connectivity index (χ0n) is 15.9. The number of hydrogen-bond acceptors (Lipinski definition) is 3. The fourth-order valence-electron chi connectivity index (χ4n) is 4.39. The van der Waals surface area contributed by atoms with Gasteiger partial charge in [-0.25, -0.2) is 0 Å². The zero-order valence-corrected chi connectivity index (χ0v) is 15.9. The van der Waals surface area contributed by atoms with E-state index < -0.39 is 29.5 Å². The third-order valence-electron chi connectivity index (χ3n) is 5.72. The lowest BCUT2D eigenvalue weighted by molar-refractivity contribution is -0.137. The summed E-state index contributed by atoms with van der Waals surface area (Å²) in [5, 5.41) is 5.23. The molecule has 0 aliphatic heterocycles. The first kappa shape index (κ1) is 20.1. The fraction of sp³-hybridized carbons (Fsp3) is 0.318. The van der Waals surface area contributed by atoms with Crippen LogP contribution in [0.2, 0.25) is 0 Å². The molecule has 1 fully saturated rings. The standard InChI is InChI=1S/C22H20F3N3O2/c23-22(24,25)16-6-1-2-7-17(16)28-21(30)19-14-9-8-13(11-14)18(19)20(29)27-12-15-5-3-4-10-26-15/h1-10,13-14,18-19H,11-12H2,(H,27,29)(H,28,30)/t13-,14+,18-,19+/m1/s1. The maximum atomic E-state index is 13.3. The molecule has 2 bridgehead atoms. The molecule has 2 amide bonds. The molecule has 4 atom stereocenters. The highest BCUT2D eigenvalue weighted by Crippen LogP contribution is 2.48. The van der Waals surface area contributed by atoms with Gasteiger partial charge in [0.1, 0.15) is 0 Å². The average molecular weight is 415 g/mol. The van der Waals surface area contributed by atoms with Crippen molar-refractivity contribution in [3.8, 4) is 0 Å². The Morgan fingerprint density at radius 2 is 1.63 bits per heavy atom. The highest BCUT2D eigenvalue weighted by atomic mass is 19.4. The third kappa shape index (κ3) is 3.94. The number of anilines is 1. The lowest BCUT2D eigenvalue weighted by Gasteiger charge is -2.27. The van der Waals surface area contributed by atoms with Crippen LogP contribution in [-0.4, -0.2) is 16.8 Å². The van der Waals surface area contributed by atoms with Crippen molar-refractivity contribution >= 4 is 17.5 Å². The highest BCUT2D eigenvalue weighted by molar-refractivity contribution is 5.98. The largest absolute Gasteiger partial charge is 0.418 e. The van der Waals surface area contributed by atoms with Crippen molar-refractivity contribution in [3.63, 3.8) is 0 Å². The summed E-state index contributed by atoms with van der Waals surface area (Å²) in [5.41, 5.74) is -0.521. The fourth-order valence-corrected chi connectivity index (χ4v) is 4.39. The van der Waals surface area contributed by atoms with Gasteiger partial charge in [0.25, 0.3) is 0 Å². The van der Waals surface area contributed by atoms with Crippen LogP contribution in [0.25, 0.3) is 0 Å². The number of alkyl halides is 3. The SMILES string of the molecule is O=C(Nc1ccccc1C(F)(F)F)[C@@H]1[C@H](C(=O)NCc2ccccn2)[C@@H]2C=C[C@H]1C2. The maximum absolute atomic E-state index is 13.3. The van der Waals surface area contributed by atoms with E-state index in [1.165, 1.54) is 18.2 Å². The summed E-state index contributed by atoms with van der Waals surface area (Å²) in [6.45, 7) is 0.225. The summed E-state index contributed by atoms with van der Waals surface area (Å²) in [4.78, 5) is 30.0. The normalized spacial score (nSPS) is 24.6. The van der Waals surface area contributed by atoms with Crippen LogP contribution in [0.4, 0.5) is 18.9 Å². The number of allylic oxidation sites excluding steroid dienone is 2. The van der Waals surface area contributed by atoms with E-state index >= 15 is 0 Å². The van der Waals surface area contributed by atoms with Crippen molar-refractivity contribution < 1.29 is 22.8 Å². The average Bonchev–Trinajstić information content (AvgIpc) is 3.34. The van der Waals surface area contributed by atoms with Crippen molar-refractivity contribution in [2.24, 2.45) is 23.7 Å². The Kier molecular flexibility index (Phi) is 5.32. The number of nitrogens with one attached hydrogen (secondary N) is 2. The van der Waals surface area contributed by atoms with Gasteiger partial charge in [-0.3, -0.25) is 14.6 Å². The molecule has 1 saturated carbocycles. The van der Waals surface area contributed by atoms with Crippen LogP contribution in [-0.2, 0) is 22.3 Å². The molecule has 8 heteroatoms. The van der Waals surface area contributed by atoms with E-state index in [0.29, 0.717) is 12.1 Å². The first-order valence-corrected chi connectivity index (χ1v) is 9.67. The molecule has 156 valence electrons. The minimum absolute atomic E-state index is 0.104. The third-order valence-corrected chi connectivity index (χ3v) is 5.72. The summed E-state index contributed by atoms with van der Waals surface area (Å²) in [7, 11) is 0. The first-order valence-electron chi connectivity index (χ1n) is 9.67. The minimum atomic E-state index is -4.59. The molecule has 30 heavy (non-hydrogen) atoms. The summed E-state index contributed by atoms with van der Waals surface area (Å²) in [6.07, 6.45) is 1.48. The van der Waals surface area contributed by atoms with Gasteiger partial charge in [0, 0.05) is 6.20 Å². The smallest absolute Gasteiger partial charge is 0.350 e. The predicted molar refractivity (Wildman–Crippen MR) is 104 cm³/mol. The van der Waals surface area contributed by atoms with Crippen LogP contribution in [0.5, 0.6) is 0 Å². The second kappa shape index (κ2) is 7.93. The summed E-state index contributed by atoms with van der Waals surface area (Å²) < 4.78 is 39.8. The number of aromatic nitrogens is 1. The Labute approximate surface area is 171 Å². The molecule has 4 rings (SSSR count). The molecular weight excluding hydrogens is 395 g/mol. The van der Waals surface area contributed by atoms with Gasteiger partial charge in [-0.15, -0.1) is 0 Å². The molecule has 0 unspecified atom stereocenters. The number of carbonyl (C=O) groups excluding carboxylic acids is 2. The molecule has 2 aliphatic rings. The molecule has 1 aromatic carbocycles. The topological polar surface area (TPSA) is 71.1 Å². The number of para-hydroxylation sites is 1. The Hall–Kier alpha value is -3.16. The number of benzene rings is 1. The van der Waals surface area contributed by atoms with Gasteiger partial charge in [-0.1, -0.05) is 30.4 Å². The summed E-state index contributed by atoms with van der Waals surface area (Å²) >= 11 is 0. The minimum Gasteiger partial charge on any atom is -0.350 e. The van der Waals surface area contributed by atoms with Crippen molar-refractivity contribution in [1.82, 2.24) is 10.3 Å². The number of fused-ring (bicyclic) bond motifs is 2. The number of pyridine rings is 1. The van der Waals surface area contributed by atoms with E-state index in [0.717, 1.165) is 6.07 Å². The van der Waals surface area contributed by atoms with Crippen LogP contribution in [0.1, 0.15) is 17.7 Å². The van der Waals surface area contributed by atoms with Gasteiger partial charge >= 0.3 is 6.18 Å². The van der Waals surface area contributed by atoms with E-state index in [9.17, 15) is 22.8 Å². The molecule has 0 spiro atoms. The van der Waals surface area contributed by atoms with Gasteiger partial charge < -0.3 is 10.6 Å². The monoisotopic (exact) mass is 415 g/mol. The van der Waals surface area contributed by atoms with E-state index in [1.54, 1.807) is 18.3 Å². The van der Waals surface area contributed by atoms with Gasteiger partial charge in [0.05, 0.1) is 35.3 Å². The Morgan fingerprint density at radius 3 is 2.30 bits per heavy atom. The maximum Gasteiger partial charge on any atom is 0.418 e. The number of rotatable bonds is 5. The number of amides is 2. The Balaban J connectivity index is 1.50. The molecule has 2 aliphatic carbocycles. The first-order chi connectivity index (χ1) is 14.3. The Morgan fingerprint density at radius 1 is 0.967 bits per heavy atom. The van der Waals surface area contributed by atoms with E-state index in [-0.39, 0.29) is 30.0 Å². The van der Waals surface area contributed by atoms with E-state index in [4.69, 9.17) is 0 Å². The van der Waals surface area contributed by atoms with E-state index in [2.05, 4.69) is 15.6 Å². The van der Waals surface area contributed by atoms with Gasteiger partial charge in [0.2, 0.25) is 11.8 Å². The Bertz CT molecular complexity index is 975. The van der Waals surface area contributed by atoms with Crippen LogP contribution >= 0.6 is 0 Å². The molecule has 1 heterocycles. The second-order valence-corrected chi connectivity index (χ2v) is 7.57. The molecule has 2 N–H and O–H groups in total. The van der Waals surface area contributed by atoms with Crippen LogP contribution in [0.15, 0.2) is 60.8 Å².